The minimum atomic E-state index is 0.468. The van der Waals surface area contributed by atoms with Gasteiger partial charge in [0, 0.05) is 29.7 Å². The Morgan fingerprint density at radius 3 is 2.94 bits per heavy atom. The lowest BCUT2D eigenvalue weighted by Gasteiger charge is -1.98. The fourth-order valence-corrected chi connectivity index (χ4v) is 1.67. The van der Waals surface area contributed by atoms with Crippen LogP contribution < -0.4 is 4.74 Å². The van der Waals surface area contributed by atoms with E-state index in [4.69, 9.17) is 4.74 Å². The third-order valence-corrected chi connectivity index (χ3v) is 2.50. The van der Waals surface area contributed by atoms with E-state index in [-0.39, 0.29) is 0 Å². The molecule has 3 aromatic heterocycles. The second-order valence-corrected chi connectivity index (χ2v) is 3.58. The number of methoxy groups -OCH3 is 1. The summed E-state index contributed by atoms with van der Waals surface area (Å²) in [5.41, 5.74) is 3.52. The van der Waals surface area contributed by atoms with E-state index < -0.39 is 0 Å². The van der Waals surface area contributed by atoms with E-state index in [2.05, 4.69) is 19.9 Å². The Bertz CT molecular complexity index is 648. The minimum Gasteiger partial charge on any atom is -0.468 e. The highest BCUT2D eigenvalue weighted by Gasteiger charge is 2.05. The van der Waals surface area contributed by atoms with Crippen LogP contribution in [0.1, 0.15) is 0 Å². The highest BCUT2D eigenvalue weighted by Crippen LogP contribution is 2.21. The molecule has 0 atom stereocenters. The van der Waals surface area contributed by atoms with E-state index in [1.54, 1.807) is 25.7 Å². The smallest absolute Gasteiger partial charge is 0.295 e. The molecule has 3 aromatic rings. The van der Waals surface area contributed by atoms with Crippen molar-refractivity contribution in [2.24, 2.45) is 0 Å². The van der Waals surface area contributed by atoms with E-state index in [0.29, 0.717) is 11.7 Å². The molecule has 0 aliphatic rings. The van der Waals surface area contributed by atoms with E-state index in [0.717, 1.165) is 16.6 Å². The van der Waals surface area contributed by atoms with E-state index in [9.17, 15) is 0 Å². The molecule has 0 aromatic carbocycles. The molecule has 3 heterocycles. The Morgan fingerprint density at radius 2 is 2.18 bits per heavy atom. The summed E-state index contributed by atoms with van der Waals surface area (Å²) in [6, 6.07) is 6.33. The van der Waals surface area contributed by atoms with Crippen LogP contribution in [0.25, 0.3) is 22.3 Å². The highest BCUT2D eigenvalue weighted by molar-refractivity contribution is 5.78. The quantitative estimate of drug-likeness (QED) is 0.726. The zero-order chi connectivity index (χ0) is 11.7. The van der Waals surface area contributed by atoms with Gasteiger partial charge in [-0.2, -0.15) is 4.98 Å². The summed E-state index contributed by atoms with van der Waals surface area (Å²) in [4.78, 5) is 15.6. The molecule has 0 spiro atoms. The number of ether oxygens (including phenoxy) is 1. The number of aromatic amines is 1. The van der Waals surface area contributed by atoms with Crippen LogP contribution in [0.5, 0.6) is 6.01 Å². The predicted octanol–water partition coefficient (Wildman–Crippen LogP) is 2.03. The number of rotatable bonds is 2. The van der Waals surface area contributed by atoms with Gasteiger partial charge in [0.25, 0.3) is 6.01 Å². The van der Waals surface area contributed by atoms with Crippen molar-refractivity contribution in [3.05, 3.63) is 36.8 Å². The molecule has 0 unspecified atom stereocenters. The predicted molar refractivity (Wildman–Crippen MR) is 63.7 cm³/mol. The van der Waals surface area contributed by atoms with Gasteiger partial charge in [-0.25, -0.2) is 4.98 Å². The highest BCUT2D eigenvalue weighted by atomic mass is 16.5. The summed E-state index contributed by atoms with van der Waals surface area (Å²) in [7, 11) is 1.57. The maximum atomic E-state index is 5.03. The molecular weight excluding hydrogens is 216 g/mol. The van der Waals surface area contributed by atoms with E-state index in [1.165, 1.54) is 0 Å². The van der Waals surface area contributed by atoms with Crippen molar-refractivity contribution in [3.63, 3.8) is 0 Å². The lowest BCUT2D eigenvalue weighted by atomic mass is 10.1. The topological polar surface area (TPSA) is 63.7 Å². The number of nitrogens with one attached hydrogen (secondary N) is 1. The number of pyridine rings is 2. The maximum absolute atomic E-state index is 5.03. The number of fused-ring (bicyclic) bond motifs is 1. The van der Waals surface area contributed by atoms with Gasteiger partial charge >= 0.3 is 0 Å². The number of hydrogen-bond donors (Lipinski definition) is 1. The maximum Gasteiger partial charge on any atom is 0.295 e. The first-order valence-corrected chi connectivity index (χ1v) is 5.17. The van der Waals surface area contributed by atoms with Crippen LogP contribution in [0.2, 0.25) is 0 Å². The number of aromatic nitrogens is 4. The number of imidazole rings is 1. The first kappa shape index (κ1) is 9.77. The molecule has 0 amide bonds. The van der Waals surface area contributed by atoms with Gasteiger partial charge in [0.05, 0.1) is 12.6 Å². The lowest BCUT2D eigenvalue weighted by Crippen LogP contribution is -1.82. The Labute approximate surface area is 97.5 Å². The SMILES string of the molecule is COc1nc2ncc(-c3cccnc3)cc2[nH]1. The second-order valence-electron chi connectivity index (χ2n) is 3.58. The Hall–Kier alpha value is -2.43. The summed E-state index contributed by atoms with van der Waals surface area (Å²) < 4.78 is 5.03. The number of H-pyrrole nitrogens is 1. The van der Waals surface area contributed by atoms with Gasteiger partial charge in [-0.15, -0.1) is 0 Å². The Balaban J connectivity index is 2.13. The molecule has 0 fully saturated rings. The monoisotopic (exact) mass is 226 g/mol. The average molecular weight is 226 g/mol. The molecule has 5 heteroatoms. The van der Waals surface area contributed by atoms with Crippen LogP contribution in [-0.2, 0) is 0 Å². The first-order chi connectivity index (χ1) is 8.36. The zero-order valence-electron chi connectivity index (χ0n) is 9.21. The van der Waals surface area contributed by atoms with Gasteiger partial charge in [-0.1, -0.05) is 6.07 Å². The van der Waals surface area contributed by atoms with Crippen LogP contribution in [-0.4, -0.2) is 27.0 Å². The van der Waals surface area contributed by atoms with Crippen molar-refractivity contribution in [3.8, 4) is 17.1 Å². The average Bonchev–Trinajstić information content (AvgIpc) is 2.81. The minimum absolute atomic E-state index is 0.468. The molecule has 0 bridgehead atoms. The van der Waals surface area contributed by atoms with Gasteiger partial charge in [0.2, 0.25) is 0 Å². The molecule has 0 radical (unpaired) electrons. The molecule has 0 saturated carbocycles. The fourth-order valence-electron chi connectivity index (χ4n) is 1.67. The molecule has 3 rings (SSSR count). The van der Waals surface area contributed by atoms with Crippen LogP contribution in [0.4, 0.5) is 0 Å². The van der Waals surface area contributed by atoms with Crippen LogP contribution in [0.15, 0.2) is 36.8 Å². The third kappa shape index (κ3) is 1.71. The van der Waals surface area contributed by atoms with Crippen molar-refractivity contribution in [2.45, 2.75) is 0 Å². The molecule has 0 aliphatic heterocycles. The van der Waals surface area contributed by atoms with Crippen LogP contribution in [0.3, 0.4) is 0 Å². The largest absolute Gasteiger partial charge is 0.468 e. The summed E-state index contributed by atoms with van der Waals surface area (Å²) in [6.45, 7) is 0. The third-order valence-electron chi connectivity index (χ3n) is 2.50. The van der Waals surface area contributed by atoms with Gasteiger partial charge in [0.1, 0.15) is 0 Å². The van der Waals surface area contributed by atoms with Crippen molar-refractivity contribution in [1.29, 1.82) is 0 Å². The van der Waals surface area contributed by atoms with Gasteiger partial charge < -0.3 is 9.72 Å². The van der Waals surface area contributed by atoms with Crippen LogP contribution >= 0.6 is 0 Å². The van der Waals surface area contributed by atoms with Gasteiger partial charge in [0.15, 0.2) is 5.65 Å². The second kappa shape index (κ2) is 3.86. The lowest BCUT2D eigenvalue weighted by molar-refractivity contribution is 0.386. The summed E-state index contributed by atoms with van der Waals surface area (Å²) in [5.74, 6) is 0. The summed E-state index contributed by atoms with van der Waals surface area (Å²) in [6.07, 6.45) is 5.32. The van der Waals surface area contributed by atoms with Gasteiger partial charge in [-0.05, 0) is 12.1 Å². The Morgan fingerprint density at radius 1 is 1.24 bits per heavy atom. The molecule has 84 valence electrons. The molecule has 1 N–H and O–H groups in total. The molecule has 17 heavy (non-hydrogen) atoms. The fraction of sp³-hybridized carbons (Fsp3) is 0.0833. The molecule has 0 aliphatic carbocycles. The normalized spacial score (nSPS) is 10.6. The Kier molecular flexibility index (Phi) is 2.22. The van der Waals surface area contributed by atoms with E-state index in [1.807, 2.05) is 18.2 Å². The zero-order valence-corrected chi connectivity index (χ0v) is 9.21. The number of hydrogen-bond acceptors (Lipinski definition) is 4. The van der Waals surface area contributed by atoms with Crippen molar-refractivity contribution in [1.82, 2.24) is 19.9 Å². The molecular formula is C12H10N4O. The van der Waals surface area contributed by atoms with Crippen molar-refractivity contribution >= 4 is 11.2 Å². The van der Waals surface area contributed by atoms with Gasteiger partial charge in [-0.3, -0.25) is 4.98 Å². The van der Waals surface area contributed by atoms with E-state index >= 15 is 0 Å². The van der Waals surface area contributed by atoms with Crippen molar-refractivity contribution < 1.29 is 4.74 Å². The molecule has 5 nitrogen and oxygen atoms in total. The first-order valence-electron chi connectivity index (χ1n) is 5.17. The van der Waals surface area contributed by atoms with Crippen LogP contribution in [0, 0.1) is 0 Å². The molecule has 0 saturated heterocycles. The standard InChI is InChI=1S/C12H10N4O/c1-17-12-15-10-5-9(7-14-11(10)16-12)8-3-2-4-13-6-8/h2-7H,1H3,(H,14,15,16). The summed E-state index contributed by atoms with van der Waals surface area (Å²) >= 11 is 0. The van der Waals surface area contributed by atoms with Crippen molar-refractivity contribution in [2.75, 3.05) is 7.11 Å². The number of nitrogens with zero attached hydrogens (tertiary/aromatic N) is 3. The summed E-state index contributed by atoms with van der Waals surface area (Å²) in [5, 5.41) is 0.